The van der Waals surface area contributed by atoms with Gasteiger partial charge in [0.15, 0.2) is 0 Å². The van der Waals surface area contributed by atoms with E-state index in [4.69, 9.17) is 11.6 Å². The normalized spacial score (nSPS) is 9.69. The van der Waals surface area contributed by atoms with E-state index in [9.17, 15) is 9.59 Å². The number of aromatic amines is 1. The Bertz CT molecular complexity index is 372. The fraction of sp³-hybridized carbons (Fsp3) is 0.250. The number of methoxy groups -OCH3 is 1. The van der Waals surface area contributed by atoms with E-state index >= 15 is 0 Å². The third kappa shape index (κ3) is 2.59. The Morgan fingerprint density at radius 3 is 2.92 bits per heavy atom. The molecule has 0 spiro atoms. The smallest absolute Gasteiger partial charge is 0.311 e. The molecule has 1 aromatic rings. The van der Waals surface area contributed by atoms with Crippen LogP contribution in [0.5, 0.6) is 0 Å². The van der Waals surface area contributed by atoms with Gasteiger partial charge >= 0.3 is 5.97 Å². The predicted molar refractivity (Wildman–Crippen MR) is 47.8 cm³/mol. The summed E-state index contributed by atoms with van der Waals surface area (Å²) in [6, 6.07) is 2.74. The second-order valence-electron chi connectivity index (χ2n) is 2.40. The van der Waals surface area contributed by atoms with Crippen molar-refractivity contribution in [2.45, 2.75) is 6.42 Å². The molecule has 0 aromatic carbocycles. The largest absolute Gasteiger partial charge is 0.469 e. The number of carbonyl (C=O) groups excluding carboxylic acids is 1. The van der Waals surface area contributed by atoms with Crippen molar-refractivity contribution >= 4 is 17.6 Å². The van der Waals surface area contributed by atoms with Crippen LogP contribution in [0.2, 0.25) is 5.02 Å². The Morgan fingerprint density at radius 2 is 2.31 bits per heavy atom. The van der Waals surface area contributed by atoms with Gasteiger partial charge < -0.3 is 9.72 Å². The quantitative estimate of drug-likeness (QED) is 0.719. The van der Waals surface area contributed by atoms with Crippen molar-refractivity contribution in [1.29, 1.82) is 0 Å². The Balaban J connectivity index is 2.94. The van der Waals surface area contributed by atoms with Gasteiger partial charge in [0.25, 0.3) is 0 Å². The number of ether oxygens (including phenoxy) is 1. The van der Waals surface area contributed by atoms with Crippen LogP contribution in [0.15, 0.2) is 16.9 Å². The molecular formula is C8H8ClNO3. The molecular weight excluding hydrogens is 194 g/mol. The van der Waals surface area contributed by atoms with E-state index in [1.165, 1.54) is 19.2 Å². The molecule has 0 saturated carbocycles. The predicted octanol–water partition coefficient (Wildman–Crippen LogP) is 0.744. The second-order valence-corrected chi connectivity index (χ2v) is 2.81. The molecule has 0 atom stereocenters. The van der Waals surface area contributed by atoms with E-state index in [0.29, 0.717) is 10.7 Å². The van der Waals surface area contributed by atoms with Crippen LogP contribution in [0.1, 0.15) is 5.69 Å². The van der Waals surface area contributed by atoms with Crippen molar-refractivity contribution < 1.29 is 9.53 Å². The summed E-state index contributed by atoms with van der Waals surface area (Å²) in [5.41, 5.74) is 0.0873. The number of hydrogen-bond donors (Lipinski definition) is 1. The minimum absolute atomic E-state index is 0.0224. The van der Waals surface area contributed by atoms with Gasteiger partial charge in [-0.2, -0.15) is 0 Å². The third-order valence-corrected chi connectivity index (χ3v) is 1.85. The van der Waals surface area contributed by atoms with Crippen molar-refractivity contribution in [3.8, 4) is 0 Å². The number of hydrogen-bond acceptors (Lipinski definition) is 3. The van der Waals surface area contributed by atoms with Gasteiger partial charge in [-0.25, -0.2) is 0 Å². The van der Waals surface area contributed by atoms with E-state index in [0.717, 1.165) is 0 Å². The molecule has 0 fully saturated rings. The maximum absolute atomic E-state index is 10.8. The summed E-state index contributed by atoms with van der Waals surface area (Å²) in [6.45, 7) is 0. The van der Waals surface area contributed by atoms with Crippen LogP contribution >= 0.6 is 11.6 Å². The van der Waals surface area contributed by atoms with E-state index < -0.39 is 5.97 Å². The van der Waals surface area contributed by atoms with Crippen LogP contribution in [0.4, 0.5) is 0 Å². The summed E-state index contributed by atoms with van der Waals surface area (Å²) in [4.78, 5) is 24.1. The molecule has 0 aliphatic rings. The first kappa shape index (κ1) is 9.80. The van der Waals surface area contributed by atoms with Crippen LogP contribution in [-0.2, 0) is 16.0 Å². The number of rotatable bonds is 2. The molecule has 0 radical (unpaired) electrons. The first-order chi connectivity index (χ1) is 6.13. The summed E-state index contributed by atoms with van der Waals surface area (Å²) in [6.07, 6.45) is -0.0224. The minimum atomic E-state index is -0.441. The van der Waals surface area contributed by atoms with E-state index in [-0.39, 0.29) is 12.0 Å². The van der Waals surface area contributed by atoms with E-state index in [1.54, 1.807) is 0 Å². The third-order valence-electron chi connectivity index (χ3n) is 1.49. The second kappa shape index (κ2) is 4.09. The number of esters is 1. The Kier molecular flexibility index (Phi) is 3.08. The van der Waals surface area contributed by atoms with E-state index in [2.05, 4.69) is 9.72 Å². The van der Waals surface area contributed by atoms with Crippen molar-refractivity contribution in [2.24, 2.45) is 0 Å². The van der Waals surface area contributed by atoms with Crippen LogP contribution in [0, 0.1) is 0 Å². The highest BCUT2D eigenvalue weighted by Gasteiger charge is 2.07. The van der Waals surface area contributed by atoms with Crippen LogP contribution in [0.3, 0.4) is 0 Å². The minimum Gasteiger partial charge on any atom is -0.469 e. The molecule has 0 saturated heterocycles. The average molecular weight is 202 g/mol. The fourth-order valence-corrected chi connectivity index (χ4v) is 1.02. The zero-order valence-corrected chi connectivity index (χ0v) is 7.72. The lowest BCUT2D eigenvalue weighted by Gasteiger charge is -2.01. The molecule has 1 aromatic heterocycles. The number of halogens is 1. The van der Waals surface area contributed by atoms with Crippen molar-refractivity contribution in [1.82, 2.24) is 4.98 Å². The SMILES string of the molecule is COC(=O)Cc1[nH]c(=O)ccc1Cl. The highest BCUT2D eigenvalue weighted by Crippen LogP contribution is 2.11. The maximum Gasteiger partial charge on any atom is 0.311 e. The fourth-order valence-electron chi connectivity index (χ4n) is 0.845. The summed E-state index contributed by atoms with van der Waals surface area (Å²) in [7, 11) is 1.28. The molecule has 1 rings (SSSR count). The van der Waals surface area contributed by atoms with Crippen LogP contribution < -0.4 is 5.56 Å². The molecule has 13 heavy (non-hydrogen) atoms. The van der Waals surface area contributed by atoms with Gasteiger partial charge in [0.2, 0.25) is 5.56 Å². The van der Waals surface area contributed by atoms with Crippen LogP contribution in [0.25, 0.3) is 0 Å². The zero-order valence-electron chi connectivity index (χ0n) is 6.96. The van der Waals surface area contributed by atoms with Crippen molar-refractivity contribution in [2.75, 3.05) is 7.11 Å². The molecule has 0 amide bonds. The summed E-state index contributed by atoms with van der Waals surface area (Å²) in [5.74, 6) is -0.441. The van der Waals surface area contributed by atoms with Crippen molar-refractivity contribution in [3.05, 3.63) is 33.2 Å². The molecule has 5 heteroatoms. The number of pyridine rings is 1. The lowest BCUT2D eigenvalue weighted by molar-refractivity contribution is -0.139. The highest BCUT2D eigenvalue weighted by atomic mass is 35.5. The highest BCUT2D eigenvalue weighted by molar-refractivity contribution is 6.31. The Labute approximate surface area is 79.5 Å². The Hall–Kier alpha value is -1.29. The molecule has 1 N–H and O–H groups in total. The van der Waals surface area contributed by atoms with Gasteiger partial charge in [-0.15, -0.1) is 0 Å². The molecule has 0 aliphatic heterocycles. The van der Waals surface area contributed by atoms with Gasteiger partial charge in [0.05, 0.1) is 18.6 Å². The molecule has 0 unspecified atom stereocenters. The Morgan fingerprint density at radius 1 is 1.62 bits per heavy atom. The number of aromatic nitrogens is 1. The number of carbonyl (C=O) groups is 1. The van der Waals surface area contributed by atoms with E-state index in [1.807, 2.05) is 0 Å². The van der Waals surface area contributed by atoms with Crippen LogP contribution in [-0.4, -0.2) is 18.1 Å². The lowest BCUT2D eigenvalue weighted by Crippen LogP contribution is -2.12. The van der Waals surface area contributed by atoms with Crippen molar-refractivity contribution in [3.63, 3.8) is 0 Å². The summed E-state index contributed by atoms with van der Waals surface area (Å²) >= 11 is 5.72. The average Bonchev–Trinajstić information content (AvgIpc) is 2.11. The first-order valence-electron chi connectivity index (χ1n) is 3.58. The van der Waals surface area contributed by atoms with Gasteiger partial charge in [0.1, 0.15) is 0 Å². The molecule has 1 heterocycles. The maximum atomic E-state index is 10.8. The molecule has 70 valence electrons. The lowest BCUT2D eigenvalue weighted by atomic mass is 10.3. The number of nitrogens with one attached hydrogen (secondary N) is 1. The van der Waals surface area contributed by atoms with Gasteiger partial charge in [-0.1, -0.05) is 11.6 Å². The van der Waals surface area contributed by atoms with Gasteiger partial charge in [-0.3, -0.25) is 9.59 Å². The monoisotopic (exact) mass is 201 g/mol. The standard InChI is InChI=1S/C8H8ClNO3/c1-13-8(12)4-6-5(9)2-3-7(11)10-6/h2-3H,4H2,1H3,(H,10,11). The van der Waals surface area contributed by atoms with Gasteiger partial charge in [0, 0.05) is 11.8 Å². The molecule has 0 aliphatic carbocycles. The zero-order chi connectivity index (χ0) is 9.84. The topological polar surface area (TPSA) is 59.2 Å². The summed E-state index contributed by atoms with van der Waals surface area (Å²) < 4.78 is 4.43. The molecule has 0 bridgehead atoms. The van der Waals surface area contributed by atoms with Gasteiger partial charge in [-0.05, 0) is 6.07 Å². The summed E-state index contributed by atoms with van der Waals surface area (Å²) in [5, 5.41) is 0.352. The molecule has 4 nitrogen and oxygen atoms in total. The number of H-pyrrole nitrogens is 1. The first-order valence-corrected chi connectivity index (χ1v) is 3.96.